The van der Waals surface area contributed by atoms with Crippen molar-refractivity contribution >= 4 is 29.1 Å². The maximum absolute atomic E-state index is 6.33. The first-order chi connectivity index (χ1) is 10.5. The summed E-state index contributed by atoms with van der Waals surface area (Å²) < 4.78 is 0. The second kappa shape index (κ2) is 4.57. The number of hydrogen-bond donors (Lipinski definition) is 1. The minimum Gasteiger partial charge on any atom is -0.368 e. The number of aryl methyl sites for hydroxylation is 1. The van der Waals surface area contributed by atoms with E-state index in [-0.39, 0.29) is 11.4 Å². The highest BCUT2D eigenvalue weighted by Gasteiger charge is 2.50. The van der Waals surface area contributed by atoms with Gasteiger partial charge in [0.25, 0.3) is 0 Å². The number of likely N-dealkylation sites (tertiary alicyclic amines) is 1. The van der Waals surface area contributed by atoms with Crippen LogP contribution in [0.1, 0.15) is 11.1 Å². The largest absolute Gasteiger partial charge is 0.368 e. The van der Waals surface area contributed by atoms with Crippen LogP contribution in [0.15, 0.2) is 24.4 Å². The molecule has 1 aromatic heterocycles. The third-order valence-corrected chi connectivity index (χ3v) is 4.89. The average Bonchev–Trinajstić information content (AvgIpc) is 2.76. The average molecular weight is 316 g/mol. The van der Waals surface area contributed by atoms with Crippen molar-refractivity contribution < 1.29 is 0 Å². The van der Waals surface area contributed by atoms with E-state index in [2.05, 4.69) is 51.9 Å². The van der Waals surface area contributed by atoms with Crippen LogP contribution in [0.2, 0.25) is 5.02 Å². The van der Waals surface area contributed by atoms with Crippen LogP contribution in [0, 0.1) is 6.92 Å². The van der Waals surface area contributed by atoms with Crippen LogP contribution in [0.4, 0.5) is 17.5 Å². The molecular weight excluding hydrogens is 298 g/mol. The number of fused-ring (bicyclic) bond motifs is 2. The third-order valence-electron chi connectivity index (χ3n) is 4.62. The van der Waals surface area contributed by atoms with E-state index >= 15 is 0 Å². The van der Waals surface area contributed by atoms with Crippen molar-refractivity contribution in [1.82, 2.24) is 14.9 Å². The molecule has 0 atom stereocenters. The van der Waals surface area contributed by atoms with Crippen LogP contribution in [0.25, 0.3) is 0 Å². The Morgan fingerprint density at radius 3 is 2.77 bits per heavy atom. The molecule has 22 heavy (non-hydrogen) atoms. The Morgan fingerprint density at radius 2 is 2.05 bits per heavy atom. The van der Waals surface area contributed by atoms with Gasteiger partial charge in [0.15, 0.2) is 5.82 Å². The molecule has 2 aromatic rings. The molecule has 6 heteroatoms. The van der Waals surface area contributed by atoms with Crippen molar-refractivity contribution in [2.24, 2.45) is 0 Å². The second-order valence-electron chi connectivity index (χ2n) is 6.46. The van der Waals surface area contributed by atoms with E-state index in [1.165, 1.54) is 16.8 Å². The van der Waals surface area contributed by atoms with E-state index in [1.54, 1.807) is 6.20 Å². The standard InChI is InChI=1S/C16H18ClN5/c1-10-3-4-11-13(5-10)22(9-16(11)7-21(2)8-16)14-12(17)6-19-15(18)20-14/h3-6H,7-9H2,1-2H3,(H2,18,19,20). The van der Waals surface area contributed by atoms with Crippen molar-refractivity contribution in [3.05, 3.63) is 40.5 Å². The molecule has 1 saturated heterocycles. The Balaban J connectivity index is 1.86. The zero-order valence-corrected chi connectivity index (χ0v) is 13.4. The summed E-state index contributed by atoms with van der Waals surface area (Å²) >= 11 is 6.33. The van der Waals surface area contributed by atoms with Gasteiger partial charge in [-0.1, -0.05) is 23.7 Å². The van der Waals surface area contributed by atoms with Crippen molar-refractivity contribution in [3.63, 3.8) is 0 Å². The predicted molar refractivity (Wildman–Crippen MR) is 88.8 cm³/mol. The van der Waals surface area contributed by atoms with Gasteiger partial charge in [-0.2, -0.15) is 4.98 Å². The SMILES string of the molecule is Cc1ccc2c(c1)N(c1nc(N)ncc1Cl)CC21CN(C)C1. The predicted octanol–water partition coefficient (Wildman–Crippen LogP) is 2.36. The highest BCUT2D eigenvalue weighted by molar-refractivity contribution is 6.33. The summed E-state index contributed by atoms with van der Waals surface area (Å²) in [6.07, 6.45) is 1.58. The third kappa shape index (κ3) is 1.89. The molecular formula is C16H18ClN5. The highest BCUT2D eigenvalue weighted by atomic mass is 35.5. The Bertz CT molecular complexity index is 754. The van der Waals surface area contributed by atoms with Gasteiger partial charge in [-0.15, -0.1) is 0 Å². The summed E-state index contributed by atoms with van der Waals surface area (Å²) in [6, 6.07) is 6.63. The molecule has 2 aliphatic heterocycles. The van der Waals surface area contributed by atoms with Crippen LogP contribution < -0.4 is 10.6 Å². The monoisotopic (exact) mass is 315 g/mol. The summed E-state index contributed by atoms with van der Waals surface area (Å²) in [7, 11) is 2.15. The minimum atomic E-state index is 0.167. The van der Waals surface area contributed by atoms with Crippen molar-refractivity contribution in [2.45, 2.75) is 12.3 Å². The number of nitrogen functional groups attached to an aromatic ring is 1. The lowest BCUT2D eigenvalue weighted by molar-refractivity contribution is 0.107. The van der Waals surface area contributed by atoms with Gasteiger partial charge in [-0.05, 0) is 31.2 Å². The van der Waals surface area contributed by atoms with Gasteiger partial charge < -0.3 is 15.5 Å². The lowest BCUT2D eigenvalue weighted by Gasteiger charge is -2.46. The molecule has 1 spiro atoms. The highest BCUT2D eigenvalue weighted by Crippen LogP contribution is 2.49. The first-order valence-corrected chi connectivity index (χ1v) is 7.72. The van der Waals surface area contributed by atoms with Gasteiger partial charge in [0.05, 0.1) is 6.20 Å². The normalized spacial score (nSPS) is 19.3. The van der Waals surface area contributed by atoms with Crippen molar-refractivity contribution in [1.29, 1.82) is 0 Å². The molecule has 0 radical (unpaired) electrons. The van der Waals surface area contributed by atoms with Gasteiger partial charge >= 0.3 is 0 Å². The molecule has 2 aliphatic rings. The maximum Gasteiger partial charge on any atom is 0.222 e. The van der Waals surface area contributed by atoms with Crippen molar-refractivity contribution in [2.75, 3.05) is 37.3 Å². The van der Waals surface area contributed by atoms with Gasteiger partial charge in [-0.3, -0.25) is 0 Å². The first-order valence-electron chi connectivity index (χ1n) is 7.34. The quantitative estimate of drug-likeness (QED) is 0.875. The van der Waals surface area contributed by atoms with Crippen LogP contribution in [-0.4, -0.2) is 41.5 Å². The topological polar surface area (TPSA) is 58.3 Å². The van der Waals surface area contributed by atoms with Gasteiger partial charge in [0.1, 0.15) is 5.02 Å². The zero-order valence-electron chi connectivity index (χ0n) is 12.7. The summed E-state index contributed by atoms with van der Waals surface area (Å²) in [5.74, 6) is 0.952. The van der Waals surface area contributed by atoms with Crippen LogP contribution in [-0.2, 0) is 5.41 Å². The van der Waals surface area contributed by atoms with Gasteiger partial charge in [0, 0.05) is 30.7 Å². The number of nitrogens with two attached hydrogens (primary N) is 1. The van der Waals surface area contributed by atoms with Crippen LogP contribution in [0.5, 0.6) is 0 Å². The van der Waals surface area contributed by atoms with Crippen LogP contribution in [0.3, 0.4) is 0 Å². The fourth-order valence-corrected chi connectivity index (χ4v) is 3.99. The van der Waals surface area contributed by atoms with E-state index in [0.717, 1.165) is 19.6 Å². The number of hydrogen-bond acceptors (Lipinski definition) is 5. The molecule has 0 amide bonds. The molecule has 0 bridgehead atoms. The smallest absolute Gasteiger partial charge is 0.222 e. The lowest BCUT2D eigenvalue weighted by Crippen LogP contribution is -2.59. The lowest BCUT2D eigenvalue weighted by atomic mass is 9.75. The molecule has 0 saturated carbocycles. The number of benzene rings is 1. The Labute approximate surface area is 134 Å². The second-order valence-corrected chi connectivity index (χ2v) is 6.87. The number of rotatable bonds is 1. The molecule has 4 rings (SSSR count). The Kier molecular flexibility index (Phi) is 2.86. The number of likely N-dealkylation sites (N-methyl/N-ethyl adjacent to an activating group) is 1. The minimum absolute atomic E-state index is 0.167. The number of halogens is 1. The maximum atomic E-state index is 6.33. The molecule has 2 N–H and O–H groups in total. The molecule has 114 valence electrons. The van der Waals surface area contributed by atoms with E-state index in [4.69, 9.17) is 17.3 Å². The number of anilines is 3. The summed E-state index contributed by atoms with van der Waals surface area (Å²) in [5.41, 5.74) is 9.73. The number of aromatic nitrogens is 2. The zero-order chi connectivity index (χ0) is 15.5. The summed E-state index contributed by atoms with van der Waals surface area (Å²) in [4.78, 5) is 12.9. The summed E-state index contributed by atoms with van der Waals surface area (Å²) in [5, 5.41) is 0.534. The first kappa shape index (κ1) is 13.8. The van der Waals surface area contributed by atoms with E-state index in [1.807, 2.05) is 0 Å². The molecule has 1 aromatic carbocycles. The molecule has 1 fully saturated rings. The van der Waals surface area contributed by atoms with E-state index < -0.39 is 0 Å². The molecule has 3 heterocycles. The van der Waals surface area contributed by atoms with Crippen molar-refractivity contribution in [3.8, 4) is 0 Å². The molecule has 0 unspecified atom stereocenters. The van der Waals surface area contributed by atoms with E-state index in [0.29, 0.717) is 10.8 Å². The van der Waals surface area contributed by atoms with Gasteiger partial charge in [0.2, 0.25) is 5.95 Å². The van der Waals surface area contributed by atoms with E-state index in [9.17, 15) is 0 Å². The van der Waals surface area contributed by atoms with Crippen LogP contribution >= 0.6 is 11.6 Å². The number of nitrogens with zero attached hydrogens (tertiary/aromatic N) is 4. The summed E-state index contributed by atoms with van der Waals surface area (Å²) in [6.45, 7) is 5.09. The molecule has 0 aliphatic carbocycles. The Hall–Kier alpha value is -1.85. The van der Waals surface area contributed by atoms with Gasteiger partial charge in [-0.25, -0.2) is 4.98 Å². The fraction of sp³-hybridized carbons (Fsp3) is 0.375. The fourth-order valence-electron chi connectivity index (χ4n) is 3.79. The molecule has 5 nitrogen and oxygen atoms in total. The Morgan fingerprint density at radius 1 is 1.27 bits per heavy atom.